The van der Waals surface area contributed by atoms with Crippen LogP contribution in [0.3, 0.4) is 0 Å². The zero-order valence-corrected chi connectivity index (χ0v) is 21.3. The molecule has 192 valence electrons. The predicted molar refractivity (Wildman–Crippen MR) is 128 cm³/mol. The van der Waals surface area contributed by atoms with Gasteiger partial charge in [-0.2, -0.15) is 0 Å². The van der Waals surface area contributed by atoms with Crippen molar-refractivity contribution >= 4 is 17.9 Å². The van der Waals surface area contributed by atoms with Crippen molar-refractivity contribution in [3.05, 3.63) is 12.2 Å². The molecule has 3 unspecified atom stereocenters. The molecule has 0 fully saturated rings. The molecule has 7 heteroatoms. The molecule has 0 bridgehead atoms. The molecule has 0 aromatic carbocycles. The average molecular weight is 470 g/mol. The topological polar surface area (TPSA) is 115 Å². The molecule has 0 aromatic rings. The van der Waals surface area contributed by atoms with Gasteiger partial charge in [-0.15, -0.1) is 0 Å². The number of carbonyl (C=O) groups is 3. The van der Waals surface area contributed by atoms with Crippen LogP contribution in [-0.4, -0.2) is 58.8 Å². The standard InChI is InChI=1S/C26H47NO6/c1-5-6-7-8-9-10-11-12-13-14-15-16-17-27(18-21(2)24(28)29,19-22(3)25(30)31)20-23(4)26(32)33/h11-12,21-23H,5-10,13-20H2,1-4H3,(H2-,28,29,30,31,32,33)/b12-11+. The van der Waals surface area contributed by atoms with Crippen molar-refractivity contribution < 1.29 is 34.2 Å². The number of hydrogen-bond donors (Lipinski definition) is 2. The number of carboxylic acid groups (broad SMARTS) is 3. The summed E-state index contributed by atoms with van der Waals surface area (Å²) in [5.41, 5.74) is 0. The summed E-state index contributed by atoms with van der Waals surface area (Å²) >= 11 is 0. The third-order valence-electron chi connectivity index (χ3n) is 6.37. The van der Waals surface area contributed by atoms with Gasteiger partial charge in [-0.05, 0) is 52.4 Å². The molecule has 0 radical (unpaired) electrons. The van der Waals surface area contributed by atoms with Gasteiger partial charge in [0.15, 0.2) is 0 Å². The van der Waals surface area contributed by atoms with Crippen molar-refractivity contribution in [3.63, 3.8) is 0 Å². The van der Waals surface area contributed by atoms with E-state index < -0.39 is 35.7 Å². The molecule has 0 rings (SSSR count). The van der Waals surface area contributed by atoms with Gasteiger partial charge in [0.25, 0.3) is 0 Å². The quantitative estimate of drug-likeness (QED) is 0.149. The molecule has 0 saturated heterocycles. The first-order valence-electron chi connectivity index (χ1n) is 12.7. The van der Waals surface area contributed by atoms with E-state index in [2.05, 4.69) is 19.1 Å². The maximum atomic E-state index is 11.5. The lowest BCUT2D eigenvalue weighted by atomic mass is 10.0. The van der Waals surface area contributed by atoms with E-state index in [1.807, 2.05) is 0 Å². The zero-order valence-electron chi connectivity index (χ0n) is 21.3. The normalized spacial score (nSPS) is 16.2. The summed E-state index contributed by atoms with van der Waals surface area (Å²) in [4.78, 5) is 34.5. The first-order valence-corrected chi connectivity index (χ1v) is 12.7. The largest absolute Gasteiger partial charge is 0.550 e. The molecule has 0 aromatic heterocycles. The van der Waals surface area contributed by atoms with Crippen molar-refractivity contribution in [1.29, 1.82) is 0 Å². The lowest BCUT2D eigenvalue weighted by molar-refractivity contribution is -0.934. The molecule has 0 heterocycles. The van der Waals surface area contributed by atoms with Crippen molar-refractivity contribution in [2.45, 2.75) is 91.9 Å². The van der Waals surface area contributed by atoms with Crippen LogP contribution in [0.5, 0.6) is 0 Å². The number of hydrogen-bond acceptors (Lipinski definition) is 4. The van der Waals surface area contributed by atoms with Gasteiger partial charge in [0, 0.05) is 11.9 Å². The second-order valence-corrected chi connectivity index (χ2v) is 9.84. The first kappa shape index (κ1) is 31.1. The number of rotatable bonds is 21. The summed E-state index contributed by atoms with van der Waals surface area (Å²) < 4.78 is 0.170. The van der Waals surface area contributed by atoms with Crippen LogP contribution in [0, 0.1) is 17.8 Å². The molecule has 0 aliphatic heterocycles. The highest BCUT2D eigenvalue weighted by atomic mass is 16.4. The van der Waals surface area contributed by atoms with E-state index in [4.69, 9.17) is 0 Å². The van der Waals surface area contributed by atoms with Gasteiger partial charge in [-0.25, -0.2) is 0 Å². The Bertz CT molecular complexity index is 549. The molecule has 0 aliphatic rings. The fraction of sp³-hybridized carbons (Fsp3) is 0.808. The monoisotopic (exact) mass is 469 g/mol. The highest BCUT2D eigenvalue weighted by Gasteiger charge is 2.36. The van der Waals surface area contributed by atoms with E-state index in [0.29, 0.717) is 6.54 Å². The van der Waals surface area contributed by atoms with E-state index >= 15 is 0 Å². The van der Waals surface area contributed by atoms with Crippen molar-refractivity contribution in [2.24, 2.45) is 17.8 Å². The lowest BCUT2D eigenvalue weighted by Gasteiger charge is -2.43. The molecule has 2 N–H and O–H groups in total. The maximum absolute atomic E-state index is 11.5. The zero-order chi connectivity index (χ0) is 25.3. The minimum absolute atomic E-state index is 0.170. The number of aliphatic carboxylic acids is 3. The lowest BCUT2D eigenvalue weighted by Crippen LogP contribution is -2.58. The second-order valence-electron chi connectivity index (χ2n) is 9.84. The second kappa shape index (κ2) is 17.6. The van der Waals surface area contributed by atoms with Gasteiger partial charge in [0.05, 0.1) is 26.2 Å². The van der Waals surface area contributed by atoms with Gasteiger partial charge >= 0.3 is 11.9 Å². The van der Waals surface area contributed by atoms with Gasteiger partial charge in [0.2, 0.25) is 0 Å². The average Bonchev–Trinajstić information content (AvgIpc) is 2.74. The van der Waals surface area contributed by atoms with Crippen LogP contribution in [0.25, 0.3) is 0 Å². The fourth-order valence-corrected chi connectivity index (χ4v) is 4.46. The van der Waals surface area contributed by atoms with Crippen LogP contribution in [0.15, 0.2) is 12.2 Å². The molecule has 0 saturated carbocycles. The third-order valence-corrected chi connectivity index (χ3v) is 6.37. The molecule has 0 aliphatic carbocycles. The van der Waals surface area contributed by atoms with E-state index in [-0.39, 0.29) is 24.1 Å². The molecular weight excluding hydrogens is 422 g/mol. The number of carboxylic acids is 3. The maximum Gasteiger partial charge on any atom is 0.311 e. The Morgan fingerprint density at radius 1 is 0.727 bits per heavy atom. The van der Waals surface area contributed by atoms with Gasteiger partial charge < -0.3 is 24.6 Å². The van der Waals surface area contributed by atoms with Gasteiger partial charge in [-0.3, -0.25) is 9.59 Å². The highest BCUT2D eigenvalue weighted by molar-refractivity contribution is 5.70. The van der Waals surface area contributed by atoms with E-state index in [1.54, 1.807) is 20.8 Å². The summed E-state index contributed by atoms with van der Waals surface area (Å²) in [6.45, 7) is 8.11. The van der Waals surface area contributed by atoms with Crippen LogP contribution in [0.1, 0.15) is 91.9 Å². The van der Waals surface area contributed by atoms with Crippen LogP contribution in [0.2, 0.25) is 0 Å². The van der Waals surface area contributed by atoms with Gasteiger partial charge in [-0.1, -0.05) is 51.7 Å². The fourth-order valence-electron chi connectivity index (χ4n) is 4.46. The number of quaternary nitrogens is 1. The summed E-state index contributed by atoms with van der Waals surface area (Å²) in [5.74, 6) is -5.28. The smallest absolute Gasteiger partial charge is 0.311 e. The predicted octanol–water partition coefficient (Wildman–Crippen LogP) is 4.11. The number of unbranched alkanes of at least 4 members (excludes halogenated alkanes) is 8. The van der Waals surface area contributed by atoms with Crippen LogP contribution in [-0.2, 0) is 14.4 Å². The Hall–Kier alpha value is -1.89. The number of allylic oxidation sites excluding steroid dienone is 2. The van der Waals surface area contributed by atoms with Gasteiger partial charge in [0.1, 0.15) is 11.8 Å². The Morgan fingerprint density at radius 2 is 1.15 bits per heavy atom. The molecule has 33 heavy (non-hydrogen) atoms. The minimum atomic E-state index is -1.19. The van der Waals surface area contributed by atoms with Crippen molar-refractivity contribution in [2.75, 3.05) is 26.2 Å². The van der Waals surface area contributed by atoms with Crippen LogP contribution >= 0.6 is 0 Å². The molecule has 7 nitrogen and oxygen atoms in total. The highest BCUT2D eigenvalue weighted by Crippen LogP contribution is 2.21. The minimum Gasteiger partial charge on any atom is -0.550 e. The van der Waals surface area contributed by atoms with Crippen LogP contribution in [0.4, 0.5) is 0 Å². The Kier molecular flexibility index (Phi) is 16.6. The summed E-state index contributed by atoms with van der Waals surface area (Å²) in [6, 6.07) is 0. The number of carbonyl (C=O) groups excluding carboxylic acids is 1. The van der Waals surface area contributed by atoms with E-state index in [1.165, 1.54) is 32.1 Å². The molecule has 3 atom stereocenters. The van der Waals surface area contributed by atoms with Crippen molar-refractivity contribution in [3.8, 4) is 0 Å². The van der Waals surface area contributed by atoms with Crippen LogP contribution < -0.4 is 5.11 Å². The Balaban J connectivity index is 4.90. The SMILES string of the molecule is CCCCCCC/C=C/CCCCC[N+](CC(C)C(=O)[O-])(CC(C)C(=O)O)CC(C)C(=O)O. The summed E-state index contributed by atoms with van der Waals surface area (Å²) in [6.07, 6.45) is 15.7. The Morgan fingerprint density at radius 3 is 1.58 bits per heavy atom. The molecule has 0 amide bonds. The molecular formula is C26H47NO6. The Labute approximate surface area is 200 Å². The summed E-state index contributed by atoms with van der Waals surface area (Å²) in [7, 11) is 0. The summed E-state index contributed by atoms with van der Waals surface area (Å²) in [5, 5.41) is 30.3. The van der Waals surface area contributed by atoms with E-state index in [9.17, 15) is 29.7 Å². The number of nitrogens with zero attached hydrogens (tertiary/aromatic N) is 1. The molecule has 0 spiro atoms. The third kappa shape index (κ3) is 14.8. The first-order chi connectivity index (χ1) is 15.5. The van der Waals surface area contributed by atoms with E-state index in [0.717, 1.165) is 32.1 Å². The van der Waals surface area contributed by atoms with Crippen molar-refractivity contribution in [1.82, 2.24) is 0 Å².